The maximum Gasteiger partial charge on any atom is 0.119 e. The van der Waals surface area contributed by atoms with Gasteiger partial charge in [0, 0.05) is 10.6 Å². The highest BCUT2D eigenvalue weighted by molar-refractivity contribution is 6.30. The molecule has 1 heterocycles. The van der Waals surface area contributed by atoms with E-state index >= 15 is 0 Å². The number of aromatic nitrogens is 3. The maximum absolute atomic E-state index is 6.02. The van der Waals surface area contributed by atoms with Gasteiger partial charge in [-0.25, -0.2) is 4.68 Å². The fourth-order valence-corrected chi connectivity index (χ4v) is 2.64. The molecule has 118 valence electrons. The monoisotopic (exact) mass is 347 g/mol. The minimum atomic E-state index is 0.287. The fourth-order valence-electron chi connectivity index (χ4n) is 2.33. The maximum atomic E-state index is 6.02. The number of ether oxygens (including phenoxy) is 1. The topological polar surface area (TPSA) is 39.9 Å². The Labute approximate surface area is 144 Å². The van der Waals surface area contributed by atoms with Crippen LogP contribution >= 0.6 is 23.2 Å². The molecule has 3 aromatic rings. The quantitative estimate of drug-likeness (QED) is 0.626. The fraction of sp³-hybridized carbons (Fsp3) is 0.176. The van der Waals surface area contributed by atoms with Gasteiger partial charge in [0.1, 0.15) is 11.4 Å². The van der Waals surface area contributed by atoms with Crippen molar-refractivity contribution in [1.29, 1.82) is 0 Å². The highest BCUT2D eigenvalue weighted by atomic mass is 35.5. The molecule has 0 radical (unpaired) electrons. The number of benzene rings is 2. The first kappa shape index (κ1) is 15.8. The Hall–Kier alpha value is -2.04. The van der Waals surface area contributed by atoms with Crippen molar-refractivity contribution in [2.45, 2.75) is 12.8 Å². The van der Waals surface area contributed by atoms with E-state index in [4.69, 9.17) is 27.9 Å². The van der Waals surface area contributed by atoms with Gasteiger partial charge in [0.15, 0.2) is 0 Å². The predicted molar refractivity (Wildman–Crippen MR) is 92.5 cm³/mol. The van der Waals surface area contributed by atoms with Crippen LogP contribution in [0.3, 0.4) is 0 Å². The van der Waals surface area contributed by atoms with Crippen molar-refractivity contribution in [1.82, 2.24) is 15.0 Å². The minimum absolute atomic E-state index is 0.287. The largest absolute Gasteiger partial charge is 0.494 e. The number of hydrogen-bond acceptors (Lipinski definition) is 3. The lowest BCUT2D eigenvalue weighted by molar-refractivity contribution is 0.340. The molecular weight excluding hydrogens is 333 g/mol. The van der Waals surface area contributed by atoms with E-state index in [9.17, 15) is 0 Å². The van der Waals surface area contributed by atoms with Crippen molar-refractivity contribution in [2.75, 3.05) is 6.61 Å². The Morgan fingerprint density at radius 3 is 2.35 bits per heavy atom. The van der Waals surface area contributed by atoms with Crippen LogP contribution in [0.2, 0.25) is 5.02 Å². The van der Waals surface area contributed by atoms with Crippen LogP contribution in [0.5, 0.6) is 5.75 Å². The van der Waals surface area contributed by atoms with Crippen LogP contribution in [0.4, 0.5) is 0 Å². The molecule has 0 aliphatic carbocycles. The lowest BCUT2D eigenvalue weighted by Gasteiger charge is -2.09. The third-order valence-corrected chi connectivity index (χ3v) is 3.88. The van der Waals surface area contributed by atoms with Crippen molar-refractivity contribution in [2.24, 2.45) is 0 Å². The Kier molecular flexibility index (Phi) is 4.84. The first-order chi connectivity index (χ1) is 11.2. The SMILES string of the molecule is CCOc1ccc(-n2nnc(CCl)c2-c2ccc(Cl)cc2)cc1. The van der Waals surface area contributed by atoms with Crippen LogP contribution in [0.25, 0.3) is 16.9 Å². The van der Waals surface area contributed by atoms with Crippen molar-refractivity contribution in [3.63, 3.8) is 0 Å². The van der Waals surface area contributed by atoms with Gasteiger partial charge in [-0.3, -0.25) is 0 Å². The molecule has 4 nitrogen and oxygen atoms in total. The third kappa shape index (κ3) is 3.33. The highest BCUT2D eigenvalue weighted by Gasteiger charge is 2.15. The van der Waals surface area contributed by atoms with Crippen LogP contribution in [-0.4, -0.2) is 21.6 Å². The van der Waals surface area contributed by atoms with Crippen molar-refractivity contribution < 1.29 is 4.74 Å². The zero-order valence-electron chi connectivity index (χ0n) is 12.5. The first-order valence-corrected chi connectivity index (χ1v) is 8.14. The van der Waals surface area contributed by atoms with Gasteiger partial charge in [0.25, 0.3) is 0 Å². The lowest BCUT2D eigenvalue weighted by Crippen LogP contribution is -2.00. The molecular formula is C17H15Cl2N3O. The van der Waals surface area contributed by atoms with E-state index in [0.29, 0.717) is 11.6 Å². The summed E-state index contributed by atoms with van der Waals surface area (Å²) in [6.07, 6.45) is 0. The zero-order valence-corrected chi connectivity index (χ0v) is 14.1. The molecule has 0 saturated heterocycles. The van der Waals surface area contributed by atoms with Crippen LogP contribution in [0.15, 0.2) is 48.5 Å². The average Bonchev–Trinajstić information content (AvgIpc) is 3.00. The van der Waals surface area contributed by atoms with Gasteiger partial charge in [-0.05, 0) is 43.3 Å². The molecule has 0 atom stereocenters. The number of rotatable bonds is 5. The molecule has 1 aromatic heterocycles. The van der Waals surface area contributed by atoms with Crippen molar-refractivity contribution in [3.05, 3.63) is 59.2 Å². The van der Waals surface area contributed by atoms with Crippen LogP contribution in [0.1, 0.15) is 12.6 Å². The number of nitrogens with zero attached hydrogens (tertiary/aromatic N) is 3. The Morgan fingerprint density at radius 1 is 1.04 bits per heavy atom. The molecule has 23 heavy (non-hydrogen) atoms. The predicted octanol–water partition coefficient (Wildman–Crippen LogP) is 4.73. The van der Waals surface area contributed by atoms with Gasteiger partial charge in [-0.2, -0.15) is 0 Å². The third-order valence-electron chi connectivity index (χ3n) is 3.38. The van der Waals surface area contributed by atoms with Gasteiger partial charge in [-0.15, -0.1) is 16.7 Å². The van der Waals surface area contributed by atoms with E-state index < -0.39 is 0 Å². The molecule has 0 unspecified atom stereocenters. The summed E-state index contributed by atoms with van der Waals surface area (Å²) in [6, 6.07) is 15.2. The van der Waals surface area contributed by atoms with E-state index in [1.54, 1.807) is 4.68 Å². The first-order valence-electron chi connectivity index (χ1n) is 7.22. The summed E-state index contributed by atoms with van der Waals surface area (Å²) < 4.78 is 7.24. The van der Waals surface area contributed by atoms with Crippen molar-refractivity contribution >= 4 is 23.2 Å². The molecule has 6 heteroatoms. The molecule has 0 bridgehead atoms. The molecule has 0 spiro atoms. The van der Waals surface area contributed by atoms with E-state index in [0.717, 1.165) is 28.4 Å². The summed E-state index contributed by atoms with van der Waals surface area (Å²) in [5, 5.41) is 9.11. The van der Waals surface area contributed by atoms with Gasteiger partial charge >= 0.3 is 0 Å². The molecule has 0 amide bonds. The van der Waals surface area contributed by atoms with E-state index in [1.807, 2.05) is 55.5 Å². The number of hydrogen-bond donors (Lipinski definition) is 0. The molecule has 0 aliphatic rings. The summed E-state index contributed by atoms with van der Waals surface area (Å²) >= 11 is 12.0. The molecule has 2 aromatic carbocycles. The van der Waals surface area contributed by atoms with Crippen LogP contribution < -0.4 is 4.74 Å². The lowest BCUT2D eigenvalue weighted by atomic mass is 10.1. The molecule has 0 fully saturated rings. The van der Waals surface area contributed by atoms with Crippen molar-refractivity contribution in [3.8, 4) is 22.7 Å². The standard InChI is InChI=1S/C17H15Cl2N3O/c1-2-23-15-9-7-14(8-10-15)22-17(16(11-18)20-21-22)12-3-5-13(19)6-4-12/h3-10H,2,11H2,1H3. The molecule has 3 rings (SSSR count). The minimum Gasteiger partial charge on any atom is -0.494 e. The number of halogens is 2. The molecule has 0 aliphatic heterocycles. The summed E-state index contributed by atoms with van der Waals surface area (Å²) in [7, 11) is 0. The Balaban J connectivity index is 2.06. The van der Waals surface area contributed by atoms with E-state index in [1.165, 1.54) is 0 Å². The second kappa shape index (κ2) is 7.02. The van der Waals surface area contributed by atoms with E-state index in [2.05, 4.69) is 10.3 Å². The number of alkyl halides is 1. The summed E-state index contributed by atoms with van der Waals surface area (Å²) in [5.41, 5.74) is 3.44. The second-order valence-electron chi connectivity index (χ2n) is 4.86. The smallest absolute Gasteiger partial charge is 0.119 e. The van der Waals surface area contributed by atoms with E-state index in [-0.39, 0.29) is 5.88 Å². The van der Waals surface area contributed by atoms with Crippen LogP contribution in [0, 0.1) is 0 Å². The summed E-state index contributed by atoms with van der Waals surface area (Å²) in [4.78, 5) is 0. The van der Waals surface area contributed by atoms with Gasteiger partial charge in [-0.1, -0.05) is 28.9 Å². The zero-order chi connectivity index (χ0) is 16.2. The Morgan fingerprint density at radius 2 is 1.74 bits per heavy atom. The Bertz CT molecular complexity index is 783. The molecule has 0 saturated carbocycles. The van der Waals surface area contributed by atoms with Gasteiger partial charge in [0.2, 0.25) is 0 Å². The second-order valence-corrected chi connectivity index (χ2v) is 5.57. The summed E-state index contributed by atoms with van der Waals surface area (Å²) in [6.45, 7) is 2.59. The summed E-state index contributed by atoms with van der Waals surface area (Å²) in [5.74, 6) is 1.11. The van der Waals surface area contributed by atoms with Gasteiger partial charge < -0.3 is 4.74 Å². The molecule has 0 N–H and O–H groups in total. The van der Waals surface area contributed by atoms with Crippen LogP contribution in [-0.2, 0) is 5.88 Å². The van der Waals surface area contributed by atoms with Gasteiger partial charge in [0.05, 0.1) is 23.9 Å². The highest BCUT2D eigenvalue weighted by Crippen LogP contribution is 2.28. The average molecular weight is 348 g/mol. The normalized spacial score (nSPS) is 10.7.